The number of ether oxygens (including phenoxy) is 2. The molecule has 0 fully saturated rings. The zero-order chi connectivity index (χ0) is 15.3. The Morgan fingerprint density at radius 3 is 2.50 bits per heavy atom. The Hall–Kier alpha value is -1.60. The maximum atomic E-state index is 12.0. The molecule has 0 saturated heterocycles. The van der Waals surface area contributed by atoms with E-state index in [2.05, 4.69) is 0 Å². The first kappa shape index (κ1) is 16.5. The summed E-state index contributed by atoms with van der Waals surface area (Å²) in [7, 11) is -4.01. The lowest BCUT2D eigenvalue weighted by Crippen LogP contribution is -2.19. The number of nitrogens with two attached hydrogens (primary N) is 1. The summed E-state index contributed by atoms with van der Waals surface area (Å²) in [5, 5.41) is 5.10. The summed E-state index contributed by atoms with van der Waals surface area (Å²) in [4.78, 5) is 11.7. The smallest absolute Gasteiger partial charge is 0.339 e. The van der Waals surface area contributed by atoms with Crippen LogP contribution in [0.15, 0.2) is 23.1 Å². The first-order valence-electron chi connectivity index (χ1n) is 6.26. The number of carbonyl (C=O) groups excluding carboxylic acids is 1. The van der Waals surface area contributed by atoms with E-state index in [4.69, 9.17) is 14.6 Å². The zero-order valence-corrected chi connectivity index (χ0v) is 12.6. The SMILES string of the molecule is CCCOc1ccc(S(N)(=O)=O)c(C(=O)OC(C)C)c1. The van der Waals surface area contributed by atoms with Crippen LogP contribution in [0.1, 0.15) is 37.6 Å². The minimum absolute atomic E-state index is 0.116. The molecule has 0 heterocycles. The van der Waals surface area contributed by atoms with Gasteiger partial charge in [0.2, 0.25) is 10.0 Å². The summed E-state index contributed by atoms with van der Waals surface area (Å²) in [6.07, 6.45) is 0.430. The van der Waals surface area contributed by atoms with E-state index in [-0.39, 0.29) is 16.6 Å². The van der Waals surface area contributed by atoms with Crippen molar-refractivity contribution in [3.05, 3.63) is 23.8 Å². The van der Waals surface area contributed by atoms with Crippen LogP contribution in [-0.4, -0.2) is 27.1 Å². The van der Waals surface area contributed by atoms with Crippen LogP contribution in [0.4, 0.5) is 0 Å². The quantitative estimate of drug-likeness (QED) is 0.807. The Bertz CT molecular complexity index is 580. The molecular formula is C13H19NO5S. The molecule has 20 heavy (non-hydrogen) atoms. The van der Waals surface area contributed by atoms with Crippen molar-refractivity contribution in [3.8, 4) is 5.75 Å². The van der Waals surface area contributed by atoms with Crippen LogP contribution in [0.25, 0.3) is 0 Å². The first-order chi connectivity index (χ1) is 9.25. The molecule has 0 aliphatic heterocycles. The molecule has 2 N–H and O–H groups in total. The molecule has 0 radical (unpaired) electrons. The van der Waals surface area contributed by atoms with Gasteiger partial charge < -0.3 is 9.47 Å². The summed E-state index contributed by atoms with van der Waals surface area (Å²) in [6, 6.07) is 4.04. The lowest BCUT2D eigenvalue weighted by Gasteiger charge is -2.12. The Balaban J connectivity index is 3.23. The highest BCUT2D eigenvalue weighted by molar-refractivity contribution is 7.89. The topological polar surface area (TPSA) is 95.7 Å². The highest BCUT2D eigenvalue weighted by Gasteiger charge is 2.22. The van der Waals surface area contributed by atoms with Crippen molar-refractivity contribution in [2.24, 2.45) is 5.14 Å². The minimum atomic E-state index is -4.01. The molecule has 0 spiro atoms. The third kappa shape index (κ3) is 4.50. The highest BCUT2D eigenvalue weighted by Crippen LogP contribution is 2.22. The number of sulfonamides is 1. The third-order valence-corrected chi connectivity index (χ3v) is 3.26. The van der Waals surface area contributed by atoms with Gasteiger partial charge in [0, 0.05) is 0 Å². The summed E-state index contributed by atoms with van der Waals surface area (Å²) in [5.74, 6) is -0.346. The fraction of sp³-hybridized carbons (Fsp3) is 0.462. The maximum Gasteiger partial charge on any atom is 0.339 e. The van der Waals surface area contributed by atoms with Gasteiger partial charge in [-0.15, -0.1) is 0 Å². The number of hydrogen-bond acceptors (Lipinski definition) is 5. The second kappa shape index (κ2) is 6.71. The molecule has 0 aromatic heterocycles. The van der Waals surface area contributed by atoms with Gasteiger partial charge in [-0.05, 0) is 38.5 Å². The highest BCUT2D eigenvalue weighted by atomic mass is 32.2. The Morgan fingerprint density at radius 1 is 1.35 bits per heavy atom. The lowest BCUT2D eigenvalue weighted by atomic mass is 10.2. The molecule has 0 unspecified atom stereocenters. The molecular weight excluding hydrogens is 282 g/mol. The summed E-state index contributed by atoms with van der Waals surface area (Å²) < 4.78 is 33.4. The van der Waals surface area contributed by atoms with Crippen LogP contribution in [0.5, 0.6) is 5.75 Å². The fourth-order valence-electron chi connectivity index (χ4n) is 1.50. The van der Waals surface area contributed by atoms with Gasteiger partial charge in [-0.3, -0.25) is 0 Å². The lowest BCUT2D eigenvalue weighted by molar-refractivity contribution is 0.0372. The van der Waals surface area contributed by atoms with Crippen molar-refractivity contribution in [2.45, 2.75) is 38.2 Å². The van der Waals surface area contributed by atoms with E-state index >= 15 is 0 Å². The van der Waals surface area contributed by atoms with Gasteiger partial charge >= 0.3 is 5.97 Å². The predicted octanol–water partition coefficient (Wildman–Crippen LogP) is 1.69. The molecule has 1 rings (SSSR count). The largest absolute Gasteiger partial charge is 0.494 e. The van der Waals surface area contributed by atoms with Crippen LogP contribution in [0, 0.1) is 0 Å². The molecule has 112 valence electrons. The summed E-state index contributed by atoms with van der Waals surface area (Å²) >= 11 is 0. The number of esters is 1. The monoisotopic (exact) mass is 301 g/mol. The van der Waals surface area contributed by atoms with Crippen molar-refractivity contribution < 1.29 is 22.7 Å². The van der Waals surface area contributed by atoms with Crippen LogP contribution < -0.4 is 9.88 Å². The van der Waals surface area contributed by atoms with Crippen LogP contribution >= 0.6 is 0 Å². The molecule has 0 aliphatic rings. The van der Waals surface area contributed by atoms with Crippen molar-refractivity contribution in [3.63, 3.8) is 0 Å². The number of carbonyl (C=O) groups is 1. The molecule has 0 saturated carbocycles. The van der Waals surface area contributed by atoms with Crippen molar-refractivity contribution in [2.75, 3.05) is 6.61 Å². The van der Waals surface area contributed by atoms with E-state index in [0.717, 1.165) is 6.42 Å². The van der Waals surface area contributed by atoms with Crippen LogP contribution in [0.3, 0.4) is 0 Å². The van der Waals surface area contributed by atoms with Gasteiger partial charge in [0.1, 0.15) is 5.75 Å². The second-order valence-corrected chi connectivity index (χ2v) is 6.04. The number of primary sulfonamides is 1. The van der Waals surface area contributed by atoms with Gasteiger partial charge in [-0.25, -0.2) is 18.4 Å². The van der Waals surface area contributed by atoms with Crippen LogP contribution in [0.2, 0.25) is 0 Å². The van der Waals surface area contributed by atoms with Crippen molar-refractivity contribution in [1.82, 2.24) is 0 Å². The molecule has 0 bridgehead atoms. The Morgan fingerprint density at radius 2 is 2.00 bits per heavy atom. The van der Waals surface area contributed by atoms with Gasteiger partial charge in [0.05, 0.1) is 23.2 Å². The third-order valence-electron chi connectivity index (χ3n) is 2.29. The maximum absolute atomic E-state index is 12.0. The molecule has 1 aromatic carbocycles. The average Bonchev–Trinajstić information content (AvgIpc) is 2.34. The number of rotatable bonds is 6. The summed E-state index contributed by atoms with van der Waals surface area (Å²) in [5.41, 5.74) is -0.116. The van der Waals surface area contributed by atoms with E-state index in [0.29, 0.717) is 12.4 Å². The van der Waals surface area contributed by atoms with Crippen molar-refractivity contribution in [1.29, 1.82) is 0 Å². The Labute approximate surface area is 118 Å². The average molecular weight is 301 g/mol. The summed E-state index contributed by atoms with van der Waals surface area (Å²) in [6.45, 7) is 5.75. The van der Waals surface area contributed by atoms with Crippen LogP contribution in [-0.2, 0) is 14.8 Å². The molecule has 0 amide bonds. The molecule has 1 aromatic rings. The normalized spacial score (nSPS) is 11.4. The first-order valence-corrected chi connectivity index (χ1v) is 7.81. The fourth-order valence-corrected chi connectivity index (χ4v) is 2.21. The van der Waals surface area contributed by atoms with Gasteiger partial charge in [-0.2, -0.15) is 0 Å². The molecule has 0 aliphatic carbocycles. The second-order valence-electron chi connectivity index (χ2n) is 4.51. The van der Waals surface area contributed by atoms with E-state index in [1.54, 1.807) is 13.8 Å². The minimum Gasteiger partial charge on any atom is -0.494 e. The van der Waals surface area contributed by atoms with E-state index in [1.165, 1.54) is 18.2 Å². The predicted molar refractivity (Wildman–Crippen MR) is 74.2 cm³/mol. The van der Waals surface area contributed by atoms with Gasteiger partial charge in [-0.1, -0.05) is 6.92 Å². The molecule has 7 heteroatoms. The van der Waals surface area contributed by atoms with Gasteiger partial charge in [0.15, 0.2) is 0 Å². The number of benzene rings is 1. The molecule has 6 nitrogen and oxygen atoms in total. The van der Waals surface area contributed by atoms with E-state index in [9.17, 15) is 13.2 Å². The van der Waals surface area contributed by atoms with Gasteiger partial charge in [0.25, 0.3) is 0 Å². The van der Waals surface area contributed by atoms with Crippen molar-refractivity contribution >= 4 is 16.0 Å². The zero-order valence-electron chi connectivity index (χ0n) is 11.8. The van der Waals surface area contributed by atoms with E-state index in [1.807, 2.05) is 6.92 Å². The number of hydrogen-bond donors (Lipinski definition) is 1. The standard InChI is InChI=1S/C13H19NO5S/c1-4-7-18-10-5-6-12(20(14,16)17)11(8-10)13(15)19-9(2)3/h5-6,8-9H,4,7H2,1-3H3,(H2,14,16,17). The Kier molecular flexibility index (Phi) is 5.52. The molecule has 0 atom stereocenters. The van der Waals surface area contributed by atoms with E-state index < -0.39 is 16.0 Å².